The lowest BCUT2D eigenvalue weighted by atomic mass is 10.3. The van der Waals surface area contributed by atoms with Crippen LogP contribution in [0.2, 0.25) is 0 Å². The molecule has 38 valence electrons. The molecule has 0 aromatic heterocycles. The molecule has 0 aliphatic carbocycles. The number of hydrogen-bond donors (Lipinski definition) is 3. The first-order valence-electron chi connectivity index (χ1n) is 1.84. The van der Waals surface area contributed by atoms with Crippen molar-refractivity contribution in [3.63, 3.8) is 0 Å². The van der Waals surface area contributed by atoms with Gasteiger partial charge in [0.25, 0.3) is 0 Å². The van der Waals surface area contributed by atoms with Crippen molar-refractivity contribution in [1.82, 2.24) is 0 Å². The van der Waals surface area contributed by atoms with Gasteiger partial charge in [0.15, 0.2) is 0 Å². The normalized spacial score (nSPS) is 20.0. The van der Waals surface area contributed by atoms with Crippen LogP contribution in [0.3, 0.4) is 0 Å². The molecule has 0 radical (unpaired) electrons. The average Bonchev–Trinajstić information content (AvgIpc) is 1.36. The predicted molar refractivity (Wildman–Crippen MR) is 23.8 cm³/mol. The van der Waals surface area contributed by atoms with Crippen LogP contribution in [0.1, 0.15) is 6.92 Å². The van der Waals surface area contributed by atoms with E-state index >= 15 is 0 Å². The van der Waals surface area contributed by atoms with Crippen molar-refractivity contribution in [3.05, 3.63) is 0 Å². The molecule has 0 aromatic rings. The molecule has 0 aliphatic heterocycles. The van der Waals surface area contributed by atoms with Gasteiger partial charge in [-0.1, -0.05) is 0 Å². The molecule has 0 bridgehead atoms. The van der Waals surface area contributed by atoms with Crippen LogP contribution in [0, 0.1) is 0 Å². The maximum absolute atomic E-state index is 8.28. The second-order valence-corrected chi connectivity index (χ2v) is 1.35. The summed E-state index contributed by atoms with van der Waals surface area (Å²) in [6, 6.07) is -0.315. The fourth-order valence-corrected chi connectivity index (χ4v) is 0. The molecule has 3 nitrogen and oxygen atoms in total. The van der Waals surface area contributed by atoms with E-state index in [4.69, 9.17) is 16.6 Å². The van der Waals surface area contributed by atoms with Gasteiger partial charge in [0.1, 0.15) is 6.23 Å². The monoisotopic (exact) mass is 90.1 g/mol. The standard InChI is InChI=1S/C3H10N2O/c1-2(4)3(5)6/h2-3,6H,4-5H2,1H3/t2-,3?/m0/s1. The van der Waals surface area contributed by atoms with E-state index in [2.05, 4.69) is 0 Å². The van der Waals surface area contributed by atoms with Crippen molar-refractivity contribution in [2.24, 2.45) is 11.5 Å². The Hall–Kier alpha value is -0.120. The van der Waals surface area contributed by atoms with E-state index in [1.165, 1.54) is 0 Å². The number of aliphatic hydroxyl groups is 1. The van der Waals surface area contributed by atoms with Crippen LogP contribution >= 0.6 is 0 Å². The minimum atomic E-state index is -0.870. The first-order chi connectivity index (χ1) is 2.64. The van der Waals surface area contributed by atoms with Crippen LogP contribution in [0.4, 0.5) is 0 Å². The number of aliphatic hydroxyl groups excluding tert-OH is 1. The van der Waals surface area contributed by atoms with E-state index in [0.29, 0.717) is 0 Å². The molecule has 6 heavy (non-hydrogen) atoms. The van der Waals surface area contributed by atoms with E-state index in [-0.39, 0.29) is 6.04 Å². The zero-order valence-corrected chi connectivity index (χ0v) is 3.76. The molecule has 5 N–H and O–H groups in total. The Morgan fingerprint density at radius 2 is 1.67 bits per heavy atom. The van der Waals surface area contributed by atoms with Gasteiger partial charge in [0, 0.05) is 6.04 Å². The Morgan fingerprint density at radius 3 is 1.67 bits per heavy atom. The summed E-state index contributed by atoms with van der Waals surface area (Å²) < 4.78 is 0. The minimum absolute atomic E-state index is 0.315. The third-order valence-electron chi connectivity index (χ3n) is 0.539. The Balaban J connectivity index is 2.99. The lowest BCUT2D eigenvalue weighted by Crippen LogP contribution is -2.38. The maximum atomic E-state index is 8.28. The molecular formula is C3H10N2O. The van der Waals surface area contributed by atoms with Crippen LogP contribution in [0.25, 0.3) is 0 Å². The van der Waals surface area contributed by atoms with Gasteiger partial charge in [0.2, 0.25) is 0 Å². The molecular weight excluding hydrogens is 80.0 g/mol. The van der Waals surface area contributed by atoms with Crippen molar-refractivity contribution in [2.75, 3.05) is 0 Å². The molecule has 3 heteroatoms. The highest BCUT2D eigenvalue weighted by atomic mass is 16.3. The van der Waals surface area contributed by atoms with Crippen molar-refractivity contribution >= 4 is 0 Å². The summed E-state index contributed by atoms with van der Waals surface area (Å²) >= 11 is 0. The molecule has 0 saturated carbocycles. The van der Waals surface area contributed by atoms with Crippen LogP contribution in [-0.4, -0.2) is 17.4 Å². The van der Waals surface area contributed by atoms with Crippen LogP contribution in [0.15, 0.2) is 0 Å². The van der Waals surface area contributed by atoms with E-state index in [9.17, 15) is 0 Å². The van der Waals surface area contributed by atoms with Crippen LogP contribution in [-0.2, 0) is 0 Å². The number of rotatable bonds is 1. The van der Waals surface area contributed by atoms with E-state index < -0.39 is 6.23 Å². The molecule has 0 aliphatic rings. The average molecular weight is 90.1 g/mol. The smallest absolute Gasteiger partial charge is 0.117 e. The fraction of sp³-hybridized carbons (Fsp3) is 1.00. The molecule has 0 aromatic carbocycles. The Bertz CT molecular complexity index is 29.8. The molecule has 0 fully saturated rings. The molecule has 0 spiro atoms. The highest BCUT2D eigenvalue weighted by Gasteiger charge is 1.98. The van der Waals surface area contributed by atoms with Gasteiger partial charge in [-0.25, -0.2) is 0 Å². The summed E-state index contributed by atoms with van der Waals surface area (Å²) in [4.78, 5) is 0. The van der Waals surface area contributed by atoms with Gasteiger partial charge in [-0.2, -0.15) is 0 Å². The fourth-order valence-electron chi connectivity index (χ4n) is 0. The van der Waals surface area contributed by atoms with Crippen molar-refractivity contribution in [3.8, 4) is 0 Å². The molecule has 0 amide bonds. The third-order valence-corrected chi connectivity index (χ3v) is 0.539. The van der Waals surface area contributed by atoms with Gasteiger partial charge in [-0.05, 0) is 6.92 Å². The van der Waals surface area contributed by atoms with Crippen molar-refractivity contribution in [2.45, 2.75) is 19.2 Å². The minimum Gasteiger partial charge on any atom is -0.377 e. The third kappa shape index (κ3) is 2.14. The van der Waals surface area contributed by atoms with Crippen molar-refractivity contribution < 1.29 is 5.11 Å². The zero-order chi connectivity index (χ0) is 5.15. The lowest BCUT2D eigenvalue weighted by Gasteiger charge is -2.05. The second kappa shape index (κ2) is 2.12. The largest absolute Gasteiger partial charge is 0.377 e. The first-order valence-corrected chi connectivity index (χ1v) is 1.84. The second-order valence-electron chi connectivity index (χ2n) is 1.35. The summed E-state index contributed by atoms with van der Waals surface area (Å²) in [7, 11) is 0. The van der Waals surface area contributed by atoms with Gasteiger partial charge < -0.3 is 16.6 Å². The molecule has 1 unspecified atom stereocenters. The van der Waals surface area contributed by atoms with Gasteiger partial charge in [-0.15, -0.1) is 0 Å². The summed E-state index contributed by atoms with van der Waals surface area (Å²) in [5.74, 6) is 0. The van der Waals surface area contributed by atoms with E-state index in [1.807, 2.05) is 0 Å². The van der Waals surface area contributed by atoms with Gasteiger partial charge in [-0.3, -0.25) is 0 Å². The summed E-state index contributed by atoms with van der Waals surface area (Å²) in [6.45, 7) is 1.64. The molecule has 0 saturated heterocycles. The quantitative estimate of drug-likeness (QED) is 0.347. The maximum Gasteiger partial charge on any atom is 0.117 e. The molecule has 0 heterocycles. The van der Waals surface area contributed by atoms with Crippen molar-refractivity contribution in [1.29, 1.82) is 0 Å². The number of hydrogen-bond acceptors (Lipinski definition) is 3. The van der Waals surface area contributed by atoms with Gasteiger partial charge in [0.05, 0.1) is 0 Å². The lowest BCUT2D eigenvalue weighted by molar-refractivity contribution is 0.158. The summed E-state index contributed by atoms with van der Waals surface area (Å²) in [6.07, 6.45) is -0.870. The summed E-state index contributed by atoms with van der Waals surface area (Å²) in [5, 5.41) is 8.28. The SMILES string of the molecule is C[C@H](N)C(N)O. The van der Waals surface area contributed by atoms with E-state index in [1.54, 1.807) is 6.92 Å². The summed E-state index contributed by atoms with van der Waals surface area (Å²) in [5.41, 5.74) is 9.93. The first kappa shape index (κ1) is 5.88. The highest BCUT2D eigenvalue weighted by Crippen LogP contribution is 1.73. The van der Waals surface area contributed by atoms with Gasteiger partial charge >= 0.3 is 0 Å². The zero-order valence-electron chi connectivity index (χ0n) is 3.76. The number of nitrogens with two attached hydrogens (primary N) is 2. The van der Waals surface area contributed by atoms with E-state index in [0.717, 1.165) is 0 Å². The Labute approximate surface area is 36.9 Å². The van der Waals surface area contributed by atoms with Crippen LogP contribution < -0.4 is 11.5 Å². The predicted octanol–water partition coefficient (Wildman–Crippen LogP) is -1.39. The Kier molecular flexibility index (Phi) is 2.08. The Morgan fingerprint density at radius 1 is 1.50 bits per heavy atom. The molecule has 0 rings (SSSR count). The topological polar surface area (TPSA) is 72.3 Å². The highest BCUT2D eigenvalue weighted by molar-refractivity contribution is 4.55. The molecule has 2 atom stereocenters. The van der Waals surface area contributed by atoms with Crippen LogP contribution in [0.5, 0.6) is 0 Å².